The van der Waals surface area contributed by atoms with Crippen molar-refractivity contribution in [3.05, 3.63) is 147 Å². The first-order valence-electron chi connectivity index (χ1n) is 18.6. The molecular formula is C44H41Cl2N5O7. The van der Waals surface area contributed by atoms with Crippen LogP contribution in [0.5, 0.6) is 0 Å². The molecular weight excluding hydrogens is 781 g/mol. The maximum absolute atomic E-state index is 13.1. The molecule has 14 heteroatoms. The lowest BCUT2D eigenvalue weighted by atomic mass is 10.0. The van der Waals surface area contributed by atoms with Crippen molar-refractivity contribution in [3.63, 3.8) is 0 Å². The Labute approximate surface area is 344 Å². The number of nitrogens with zero attached hydrogens (tertiary/aromatic N) is 2. The van der Waals surface area contributed by atoms with E-state index in [9.17, 15) is 24.0 Å². The number of aromatic nitrogens is 1. The highest BCUT2D eigenvalue weighted by Crippen LogP contribution is 2.31. The summed E-state index contributed by atoms with van der Waals surface area (Å²) >= 11 is 12.3. The number of nitrogens with one attached hydrogen (secondary N) is 3. The number of Topliss-reactive ketones (excluding diaryl/α,β-unsaturated/α-hetero) is 1. The number of carboxylic acid groups (broad SMARTS) is 1. The van der Waals surface area contributed by atoms with Gasteiger partial charge in [0.15, 0.2) is 0 Å². The molecule has 1 aliphatic heterocycles. The molecule has 0 bridgehead atoms. The van der Waals surface area contributed by atoms with E-state index >= 15 is 0 Å². The van der Waals surface area contributed by atoms with Crippen molar-refractivity contribution < 1.29 is 33.5 Å². The average Bonchev–Trinajstić information content (AvgIpc) is 3.60. The molecule has 12 nitrogen and oxygen atoms in total. The van der Waals surface area contributed by atoms with Crippen LogP contribution in [0.2, 0.25) is 10.0 Å². The van der Waals surface area contributed by atoms with Crippen LogP contribution in [0.3, 0.4) is 0 Å². The van der Waals surface area contributed by atoms with Crippen LogP contribution < -0.4 is 16.0 Å². The number of rotatable bonds is 12. The third-order valence-electron chi connectivity index (χ3n) is 9.62. The summed E-state index contributed by atoms with van der Waals surface area (Å²) in [5.74, 6) is -1.81. The normalized spacial score (nSPS) is 13.1. The number of aliphatic carboxylic acids is 1. The number of carbonyl (C=O) groups is 5. The van der Waals surface area contributed by atoms with E-state index in [2.05, 4.69) is 27.0 Å². The van der Waals surface area contributed by atoms with Crippen molar-refractivity contribution in [2.45, 2.75) is 51.2 Å². The summed E-state index contributed by atoms with van der Waals surface area (Å²) in [6.45, 7) is 2.36. The molecule has 0 saturated carbocycles. The Morgan fingerprint density at radius 2 is 1.62 bits per heavy atom. The number of fused-ring (bicyclic) bond motifs is 4. The maximum atomic E-state index is 13.1. The molecule has 2 atom stereocenters. The van der Waals surface area contributed by atoms with Crippen LogP contribution in [0, 0.1) is 0 Å². The molecule has 6 aromatic rings. The van der Waals surface area contributed by atoms with E-state index in [-0.39, 0.29) is 37.1 Å². The second-order valence-corrected chi connectivity index (χ2v) is 14.7. The van der Waals surface area contributed by atoms with Gasteiger partial charge in [0.25, 0.3) is 5.91 Å². The molecule has 4 amide bonds. The predicted octanol–water partition coefficient (Wildman–Crippen LogP) is 7.69. The van der Waals surface area contributed by atoms with Gasteiger partial charge in [-0.2, -0.15) is 0 Å². The van der Waals surface area contributed by atoms with Gasteiger partial charge in [-0.05, 0) is 72.4 Å². The number of carbonyl (C=O) groups excluding carboxylic acids is 4. The summed E-state index contributed by atoms with van der Waals surface area (Å²) in [5, 5.41) is 20.2. The SMILES string of the molecule is CC(=O)CC(Cc1ccc(Cl)cc1Cl)NC(=O)c1cccc2c1oc1ccccc12.O=C(O)CC(NC(=O)CNC(=O)N1CCc2ccccc2C1)c1cccnc1. The van der Waals surface area contributed by atoms with E-state index in [0.29, 0.717) is 46.3 Å². The van der Waals surface area contributed by atoms with Crippen LogP contribution in [-0.2, 0) is 33.8 Å². The number of amides is 4. The Balaban J connectivity index is 0.000000196. The van der Waals surface area contributed by atoms with E-state index in [4.69, 9.17) is 32.7 Å². The minimum atomic E-state index is -1.04. The average molecular weight is 823 g/mol. The van der Waals surface area contributed by atoms with E-state index in [0.717, 1.165) is 33.9 Å². The van der Waals surface area contributed by atoms with Crippen molar-refractivity contribution in [2.24, 2.45) is 0 Å². The molecule has 58 heavy (non-hydrogen) atoms. The summed E-state index contributed by atoms with van der Waals surface area (Å²) in [6.07, 6.45) is 4.20. The number of para-hydroxylation sites is 2. The van der Waals surface area contributed by atoms with Gasteiger partial charge in [0.1, 0.15) is 16.9 Å². The second kappa shape index (κ2) is 19.3. The van der Waals surface area contributed by atoms with Crippen molar-refractivity contribution in [2.75, 3.05) is 13.1 Å². The van der Waals surface area contributed by atoms with Gasteiger partial charge in [-0.15, -0.1) is 0 Å². The van der Waals surface area contributed by atoms with Crippen molar-refractivity contribution >= 4 is 74.7 Å². The van der Waals surface area contributed by atoms with Crippen LogP contribution in [0.1, 0.15) is 58.4 Å². The minimum absolute atomic E-state index is 0.0210. The molecule has 0 spiro atoms. The smallest absolute Gasteiger partial charge is 0.318 e. The Bertz CT molecular complexity index is 2460. The highest BCUT2D eigenvalue weighted by atomic mass is 35.5. The Kier molecular flexibility index (Phi) is 13.8. The number of furan rings is 1. The number of halogens is 2. The standard InChI is InChI=1S/C24H19Cl2NO3.C20H22N4O4/c1-14(28)11-17(12-15-9-10-16(25)13-21(15)26)27-24(29)20-7-4-6-19-18-5-2-3-8-22(18)30-23(19)20;25-18(23-17(10-19(26)27)15-6-3-8-21-11-15)12-22-20(28)24-9-7-14-4-1-2-5-16(14)13-24/h2-10,13,17H,11-12H2,1H3,(H,27,29);1-6,8,11,17H,7,9-10,12-13H2,(H,22,28)(H,23,25)(H,26,27). The molecule has 4 N–H and O–H groups in total. The fraction of sp³-hybridized carbons (Fsp3) is 0.227. The number of pyridine rings is 1. The van der Waals surface area contributed by atoms with Crippen LogP contribution in [-0.4, -0.2) is 63.7 Å². The molecule has 4 aromatic carbocycles. The van der Waals surface area contributed by atoms with Crippen LogP contribution in [0.25, 0.3) is 21.9 Å². The summed E-state index contributed by atoms with van der Waals surface area (Å²) in [5.41, 5.74) is 5.43. The third-order valence-corrected chi connectivity index (χ3v) is 10.2. The van der Waals surface area contributed by atoms with E-state index < -0.39 is 24.0 Å². The van der Waals surface area contributed by atoms with Crippen molar-refractivity contribution in [1.29, 1.82) is 0 Å². The Morgan fingerprint density at radius 1 is 0.862 bits per heavy atom. The quantitative estimate of drug-likeness (QED) is 0.0974. The second-order valence-electron chi connectivity index (χ2n) is 13.9. The molecule has 7 rings (SSSR count). The van der Waals surface area contributed by atoms with Gasteiger partial charge in [0, 0.05) is 58.8 Å². The minimum Gasteiger partial charge on any atom is -0.481 e. The number of urea groups is 1. The number of ketones is 1. The van der Waals surface area contributed by atoms with Crippen molar-refractivity contribution in [1.82, 2.24) is 25.8 Å². The molecule has 0 radical (unpaired) electrons. The number of benzene rings is 4. The first kappa shape index (κ1) is 41.4. The van der Waals surface area contributed by atoms with Gasteiger partial charge in [0.05, 0.1) is 24.6 Å². The van der Waals surface area contributed by atoms with E-state index in [1.807, 2.05) is 60.7 Å². The number of hydrogen-bond donors (Lipinski definition) is 4. The molecule has 0 aliphatic carbocycles. The summed E-state index contributed by atoms with van der Waals surface area (Å²) < 4.78 is 5.95. The lowest BCUT2D eigenvalue weighted by Crippen LogP contribution is -2.46. The summed E-state index contributed by atoms with van der Waals surface area (Å²) in [6, 6.07) is 28.2. The molecule has 298 valence electrons. The van der Waals surface area contributed by atoms with Gasteiger partial charge in [0.2, 0.25) is 5.91 Å². The topological polar surface area (TPSA) is 171 Å². The predicted molar refractivity (Wildman–Crippen MR) is 222 cm³/mol. The van der Waals surface area contributed by atoms with E-state index in [1.165, 1.54) is 18.7 Å². The molecule has 0 saturated heterocycles. The molecule has 2 unspecified atom stereocenters. The lowest BCUT2D eigenvalue weighted by molar-refractivity contribution is -0.137. The third kappa shape index (κ3) is 10.8. The zero-order chi connectivity index (χ0) is 41.2. The highest BCUT2D eigenvalue weighted by Gasteiger charge is 2.24. The fourth-order valence-corrected chi connectivity index (χ4v) is 7.34. The first-order chi connectivity index (χ1) is 27.9. The highest BCUT2D eigenvalue weighted by molar-refractivity contribution is 6.35. The van der Waals surface area contributed by atoms with Gasteiger partial charge >= 0.3 is 12.0 Å². The largest absolute Gasteiger partial charge is 0.481 e. The zero-order valence-corrected chi connectivity index (χ0v) is 33.1. The fourth-order valence-electron chi connectivity index (χ4n) is 6.85. The molecule has 0 fully saturated rings. The maximum Gasteiger partial charge on any atom is 0.318 e. The Hall–Kier alpha value is -6.24. The van der Waals surface area contributed by atoms with Gasteiger partial charge in [-0.3, -0.25) is 24.2 Å². The van der Waals surface area contributed by atoms with Crippen LogP contribution in [0.4, 0.5) is 4.79 Å². The van der Waals surface area contributed by atoms with Crippen molar-refractivity contribution in [3.8, 4) is 0 Å². The zero-order valence-electron chi connectivity index (χ0n) is 31.5. The lowest BCUT2D eigenvalue weighted by Gasteiger charge is -2.29. The molecule has 3 heterocycles. The number of hydrogen-bond acceptors (Lipinski definition) is 7. The van der Waals surface area contributed by atoms with Gasteiger partial charge < -0.3 is 30.4 Å². The summed E-state index contributed by atoms with van der Waals surface area (Å²) in [4.78, 5) is 66.2. The first-order valence-corrected chi connectivity index (χ1v) is 19.4. The Morgan fingerprint density at radius 3 is 2.36 bits per heavy atom. The van der Waals surface area contributed by atoms with Crippen LogP contribution >= 0.6 is 23.2 Å². The van der Waals surface area contributed by atoms with Crippen LogP contribution in [0.15, 0.2) is 114 Å². The van der Waals surface area contributed by atoms with Gasteiger partial charge in [-0.25, -0.2) is 4.79 Å². The van der Waals surface area contributed by atoms with Gasteiger partial charge in [-0.1, -0.05) is 89.9 Å². The number of carboxylic acids is 1. The summed E-state index contributed by atoms with van der Waals surface area (Å²) in [7, 11) is 0. The molecule has 2 aromatic heterocycles. The van der Waals surface area contributed by atoms with E-state index in [1.54, 1.807) is 41.4 Å². The monoisotopic (exact) mass is 821 g/mol. The molecule has 1 aliphatic rings.